The van der Waals surface area contributed by atoms with Gasteiger partial charge >= 0.3 is 0 Å². The molecule has 0 amide bonds. The van der Waals surface area contributed by atoms with Crippen molar-refractivity contribution < 1.29 is 0 Å². The molecular formula is C42H37N. The smallest absolute Gasteiger partial charge is 0.0543 e. The number of nitrogens with zero attached hydrogens (tertiary/aromatic N) is 1. The second-order valence-corrected chi connectivity index (χ2v) is 13.4. The van der Waals surface area contributed by atoms with E-state index in [1.165, 1.54) is 72.7 Å². The van der Waals surface area contributed by atoms with Gasteiger partial charge in [0.15, 0.2) is 0 Å². The number of para-hydroxylation sites is 2. The van der Waals surface area contributed by atoms with Crippen molar-refractivity contribution >= 4 is 22.6 Å². The first-order chi connectivity index (χ1) is 20.8. The zero-order chi connectivity index (χ0) is 29.3. The number of fused-ring (bicyclic) bond motifs is 4. The second-order valence-electron chi connectivity index (χ2n) is 13.4. The highest BCUT2D eigenvalue weighted by atomic mass is 15.2. The van der Waals surface area contributed by atoms with E-state index in [1.807, 2.05) is 0 Å². The predicted molar refractivity (Wildman–Crippen MR) is 183 cm³/mol. The minimum absolute atomic E-state index is 0.0662. The number of hydrogen-bond donors (Lipinski definition) is 0. The van der Waals surface area contributed by atoms with Crippen molar-refractivity contribution in [2.24, 2.45) is 0 Å². The molecule has 5 aromatic carbocycles. The normalized spacial score (nSPS) is 17.0. The Morgan fingerprint density at radius 3 is 1.88 bits per heavy atom. The molecule has 5 aromatic rings. The Hall–Kier alpha value is -4.62. The van der Waals surface area contributed by atoms with Gasteiger partial charge in [-0.2, -0.15) is 0 Å². The third-order valence-corrected chi connectivity index (χ3v) is 10.1. The lowest BCUT2D eigenvalue weighted by molar-refractivity contribution is 0.597. The molecule has 0 saturated carbocycles. The van der Waals surface area contributed by atoms with Crippen molar-refractivity contribution in [1.29, 1.82) is 0 Å². The van der Waals surface area contributed by atoms with Crippen molar-refractivity contribution in [1.82, 2.24) is 0 Å². The van der Waals surface area contributed by atoms with E-state index in [9.17, 15) is 0 Å². The molecule has 1 nitrogen and oxygen atoms in total. The van der Waals surface area contributed by atoms with Crippen LogP contribution >= 0.6 is 0 Å². The van der Waals surface area contributed by atoms with Crippen LogP contribution in [0.2, 0.25) is 0 Å². The summed E-state index contributed by atoms with van der Waals surface area (Å²) in [4.78, 5) is 2.54. The monoisotopic (exact) mass is 555 g/mol. The summed E-state index contributed by atoms with van der Waals surface area (Å²) in [5.41, 5.74) is 17.1. The molecule has 0 bridgehead atoms. The van der Waals surface area contributed by atoms with Crippen LogP contribution in [-0.4, -0.2) is 0 Å². The van der Waals surface area contributed by atoms with Gasteiger partial charge in [-0.1, -0.05) is 119 Å². The Morgan fingerprint density at radius 2 is 1.14 bits per heavy atom. The van der Waals surface area contributed by atoms with Crippen LogP contribution in [0.15, 0.2) is 127 Å². The fourth-order valence-electron chi connectivity index (χ4n) is 7.68. The van der Waals surface area contributed by atoms with E-state index in [1.54, 1.807) is 0 Å². The summed E-state index contributed by atoms with van der Waals surface area (Å²) in [6, 6.07) is 41.1. The molecule has 0 N–H and O–H groups in total. The van der Waals surface area contributed by atoms with Crippen molar-refractivity contribution in [2.45, 2.75) is 51.4 Å². The summed E-state index contributed by atoms with van der Waals surface area (Å²) >= 11 is 0. The highest BCUT2D eigenvalue weighted by Gasteiger charge is 2.45. The van der Waals surface area contributed by atoms with E-state index in [2.05, 4.69) is 160 Å². The van der Waals surface area contributed by atoms with Gasteiger partial charge in [0.25, 0.3) is 0 Å². The Bertz CT molecular complexity index is 1970. The third-order valence-electron chi connectivity index (χ3n) is 10.1. The van der Waals surface area contributed by atoms with Crippen molar-refractivity contribution in [2.75, 3.05) is 4.90 Å². The van der Waals surface area contributed by atoms with Crippen LogP contribution in [0.4, 0.5) is 17.1 Å². The highest BCUT2D eigenvalue weighted by Crippen LogP contribution is 2.60. The van der Waals surface area contributed by atoms with Gasteiger partial charge in [0.05, 0.1) is 17.1 Å². The van der Waals surface area contributed by atoms with Gasteiger partial charge in [0.1, 0.15) is 0 Å². The first-order valence-electron chi connectivity index (χ1n) is 15.6. The molecule has 2 aliphatic heterocycles. The highest BCUT2D eigenvalue weighted by molar-refractivity contribution is 5.94. The van der Waals surface area contributed by atoms with Crippen LogP contribution < -0.4 is 4.90 Å². The van der Waals surface area contributed by atoms with Gasteiger partial charge in [0.2, 0.25) is 0 Å². The molecule has 43 heavy (non-hydrogen) atoms. The van der Waals surface area contributed by atoms with E-state index in [4.69, 9.17) is 0 Å². The fraction of sp³-hybridized carbons (Fsp3) is 0.190. The van der Waals surface area contributed by atoms with Gasteiger partial charge in [-0.3, -0.25) is 0 Å². The summed E-state index contributed by atoms with van der Waals surface area (Å²) in [7, 11) is 0. The van der Waals surface area contributed by atoms with Crippen LogP contribution in [0, 0.1) is 0 Å². The maximum atomic E-state index is 2.54. The summed E-state index contributed by atoms with van der Waals surface area (Å²) in [6.07, 6.45) is 8.93. The van der Waals surface area contributed by atoms with Crippen molar-refractivity contribution in [3.63, 3.8) is 0 Å². The molecule has 0 atom stereocenters. The van der Waals surface area contributed by atoms with E-state index in [0.717, 1.165) is 12.8 Å². The zero-order valence-electron chi connectivity index (χ0n) is 25.5. The summed E-state index contributed by atoms with van der Waals surface area (Å²) in [6.45, 7) is 9.56. The minimum atomic E-state index is -0.147. The number of hydrogen-bond acceptors (Lipinski definition) is 1. The molecule has 8 rings (SSSR count). The van der Waals surface area contributed by atoms with Crippen molar-refractivity contribution in [3.8, 4) is 22.3 Å². The van der Waals surface area contributed by atoms with Crippen LogP contribution in [0.1, 0.15) is 68.4 Å². The Labute approximate surface area is 255 Å². The number of anilines is 3. The summed E-state index contributed by atoms with van der Waals surface area (Å²) in [5, 5.41) is 0. The second kappa shape index (κ2) is 9.44. The largest absolute Gasteiger partial charge is 0.309 e. The summed E-state index contributed by atoms with van der Waals surface area (Å²) in [5.74, 6) is 0. The van der Waals surface area contributed by atoms with Gasteiger partial charge in [-0.25, -0.2) is 0 Å². The number of rotatable bonds is 3. The third kappa shape index (κ3) is 3.91. The van der Waals surface area contributed by atoms with Crippen LogP contribution in [0.3, 0.4) is 0 Å². The maximum Gasteiger partial charge on any atom is 0.0543 e. The molecule has 2 heterocycles. The molecule has 210 valence electrons. The molecule has 3 aliphatic rings. The lowest BCUT2D eigenvalue weighted by atomic mass is 9.66. The van der Waals surface area contributed by atoms with Gasteiger partial charge < -0.3 is 4.90 Å². The minimum Gasteiger partial charge on any atom is -0.309 e. The molecule has 0 fully saturated rings. The lowest BCUT2D eigenvalue weighted by Gasteiger charge is -2.49. The summed E-state index contributed by atoms with van der Waals surface area (Å²) < 4.78 is 0. The van der Waals surface area contributed by atoms with E-state index >= 15 is 0 Å². The topological polar surface area (TPSA) is 3.24 Å². The average molecular weight is 556 g/mol. The molecule has 1 aliphatic carbocycles. The quantitative estimate of drug-likeness (QED) is 0.214. The van der Waals surface area contributed by atoms with Crippen LogP contribution in [-0.2, 0) is 10.8 Å². The molecule has 1 heteroatoms. The van der Waals surface area contributed by atoms with Crippen LogP contribution in [0.5, 0.6) is 0 Å². The van der Waals surface area contributed by atoms with E-state index < -0.39 is 0 Å². The molecule has 0 aromatic heterocycles. The first kappa shape index (κ1) is 26.0. The Balaban J connectivity index is 1.34. The van der Waals surface area contributed by atoms with Crippen LogP contribution in [0.25, 0.3) is 27.8 Å². The lowest BCUT2D eigenvalue weighted by Crippen LogP contribution is -2.38. The van der Waals surface area contributed by atoms with Gasteiger partial charge in [-0.15, -0.1) is 0 Å². The van der Waals surface area contributed by atoms with Gasteiger partial charge in [-0.05, 0) is 105 Å². The number of benzene rings is 5. The molecular weight excluding hydrogens is 518 g/mol. The first-order valence-corrected chi connectivity index (χ1v) is 15.6. The van der Waals surface area contributed by atoms with E-state index in [-0.39, 0.29) is 10.8 Å². The molecule has 0 radical (unpaired) electrons. The Kier molecular flexibility index (Phi) is 5.72. The number of allylic oxidation sites excluding steroid dienone is 4. The molecule has 0 saturated heterocycles. The predicted octanol–water partition coefficient (Wildman–Crippen LogP) is 11.5. The zero-order valence-corrected chi connectivity index (χ0v) is 25.5. The van der Waals surface area contributed by atoms with E-state index in [0.29, 0.717) is 0 Å². The standard InChI is InChI=1S/C42H37N/c1-41(2)34-18-11-12-21-38(34)43-39-23-22-30(27-37(39)42(3,4)36-20-13-19-35(41)40(36)43)33-25-31(28-14-7-5-8-15-28)24-32(26-33)29-16-9-6-10-17-29/h5-9,11-16,18-27H,10,17H2,1-4H3. The fourth-order valence-corrected chi connectivity index (χ4v) is 7.68. The Morgan fingerprint density at radius 1 is 0.512 bits per heavy atom. The molecule has 0 unspecified atom stereocenters. The SMILES string of the molecule is CC1(C)c2ccccc2N2c3ccc(-c4cc(C5=CC=CCC5)cc(-c5ccccc5)c4)cc3C(C)(C)c3cccc1c32. The average Bonchev–Trinajstić information content (AvgIpc) is 3.05. The molecule has 0 spiro atoms. The van der Waals surface area contributed by atoms with Crippen molar-refractivity contribution in [3.05, 3.63) is 155 Å². The maximum absolute atomic E-state index is 2.54. The van der Waals surface area contributed by atoms with Gasteiger partial charge in [0, 0.05) is 10.8 Å².